The number of hydrogen-bond donors (Lipinski definition) is 1. The van der Waals surface area contributed by atoms with Crippen LogP contribution in [0.15, 0.2) is 36.4 Å². The van der Waals surface area contributed by atoms with Crippen molar-refractivity contribution in [2.75, 3.05) is 6.61 Å². The molecule has 0 radical (unpaired) electrons. The lowest BCUT2D eigenvalue weighted by atomic mass is 10.1. The quantitative estimate of drug-likeness (QED) is 0.722. The summed E-state index contributed by atoms with van der Waals surface area (Å²) in [6.45, 7) is 6.98. The molecule has 4 heteroatoms. The lowest BCUT2D eigenvalue weighted by molar-refractivity contribution is 0.0920. The van der Waals surface area contributed by atoms with Crippen molar-refractivity contribution >= 4 is 11.0 Å². The number of imidazole rings is 1. The van der Waals surface area contributed by atoms with Gasteiger partial charge in [-0.3, -0.25) is 0 Å². The highest BCUT2D eigenvalue weighted by molar-refractivity contribution is 5.76. The molecular formula is C22H26N2O2. The molecule has 136 valence electrons. The zero-order chi connectivity index (χ0) is 18.3. The van der Waals surface area contributed by atoms with Crippen LogP contribution in [0, 0.1) is 20.8 Å². The molecule has 0 spiro atoms. The normalized spacial score (nSPS) is 15.4. The predicted molar refractivity (Wildman–Crippen MR) is 104 cm³/mol. The van der Waals surface area contributed by atoms with Gasteiger partial charge in [0.2, 0.25) is 0 Å². The van der Waals surface area contributed by atoms with Gasteiger partial charge in [-0.25, -0.2) is 4.98 Å². The van der Waals surface area contributed by atoms with Crippen LogP contribution in [-0.2, 0) is 6.54 Å². The maximum absolute atomic E-state index is 10.6. The first-order chi connectivity index (χ1) is 12.5. The summed E-state index contributed by atoms with van der Waals surface area (Å²) in [6.07, 6.45) is 1.81. The van der Waals surface area contributed by atoms with Crippen LogP contribution in [-0.4, -0.2) is 27.4 Å². The van der Waals surface area contributed by atoms with Crippen LogP contribution in [0.5, 0.6) is 5.75 Å². The summed E-state index contributed by atoms with van der Waals surface area (Å²) < 4.78 is 8.15. The SMILES string of the molecule is Cc1cc(C)c(OCC(O)Cn2c(C3CC3)nc3ccccc32)c(C)c1. The molecule has 1 fully saturated rings. The minimum atomic E-state index is -0.579. The number of aliphatic hydroxyl groups is 1. The number of hydrogen-bond acceptors (Lipinski definition) is 3. The Labute approximate surface area is 154 Å². The number of benzene rings is 2. The van der Waals surface area contributed by atoms with Crippen molar-refractivity contribution in [3.8, 4) is 5.75 Å². The lowest BCUT2D eigenvalue weighted by Crippen LogP contribution is -2.25. The van der Waals surface area contributed by atoms with Gasteiger partial charge in [-0.2, -0.15) is 0 Å². The van der Waals surface area contributed by atoms with E-state index in [-0.39, 0.29) is 6.61 Å². The highest BCUT2D eigenvalue weighted by atomic mass is 16.5. The third-order valence-electron chi connectivity index (χ3n) is 5.04. The Balaban J connectivity index is 1.51. The summed E-state index contributed by atoms with van der Waals surface area (Å²) in [4.78, 5) is 4.79. The summed E-state index contributed by atoms with van der Waals surface area (Å²) in [6, 6.07) is 12.4. The molecule has 1 aliphatic carbocycles. The number of fused-ring (bicyclic) bond motifs is 1. The van der Waals surface area contributed by atoms with E-state index >= 15 is 0 Å². The first-order valence-electron chi connectivity index (χ1n) is 9.37. The van der Waals surface area contributed by atoms with Crippen LogP contribution in [0.1, 0.15) is 41.3 Å². The Bertz CT molecular complexity index is 917. The zero-order valence-electron chi connectivity index (χ0n) is 15.7. The van der Waals surface area contributed by atoms with E-state index in [1.54, 1.807) is 0 Å². The van der Waals surface area contributed by atoms with Crippen molar-refractivity contribution in [2.45, 2.75) is 52.2 Å². The van der Waals surface area contributed by atoms with Crippen molar-refractivity contribution in [1.82, 2.24) is 9.55 Å². The van der Waals surface area contributed by atoms with Gasteiger partial charge in [0.15, 0.2) is 0 Å². The van der Waals surface area contributed by atoms with E-state index in [1.165, 1.54) is 18.4 Å². The molecule has 1 unspecified atom stereocenters. The second kappa shape index (κ2) is 6.76. The van der Waals surface area contributed by atoms with E-state index in [1.807, 2.05) is 18.2 Å². The Kier molecular flexibility index (Phi) is 4.45. The fraction of sp³-hybridized carbons (Fsp3) is 0.409. The largest absolute Gasteiger partial charge is 0.490 e. The molecule has 1 atom stereocenters. The molecule has 0 saturated heterocycles. The minimum Gasteiger partial charge on any atom is -0.490 e. The molecule has 0 bridgehead atoms. The van der Waals surface area contributed by atoms with Gasteiger partial charge in [0.25, 0.3) is 0 Å². The highest BCUT2D eigenvalue weighted by Gasteiger charge is 2.30. The third kappa shape index (κ3) is 3.34. The average molecular weight is 350 g/mol. The van der Waals surface area contributed by atoms with Gasteiger partial charge in [0.1, 0.15) is 24.3 Å². The minimum absolute atomic E-state index is 0.279. The maximum Gasteiger partial charge on any atom is 0.125 e. The van der Waals surface area contributed by atoms with Gasteiger partial charge in [-0.15, -0.1) is 0 Å². The van der Waals surface area contributed by atoms with Gasteiger partial charge in [0.05, 0.1) is 17.6 Å². The van der Waals surface area contributed by atoms with Crippen LogP contribution in [0.2, 0.25) is 0 Å². The summed E-state index contributed by atoms with van der Waals surface area (Å²) in [5, 5.41) is 10.6. The Hall–Kier alpha value is -2.33. The van der Waals surface area contributed by atoms with E-state index in [0.29, 0.717) is 12.5 Å². The van der Waals surface area contributed by atoms with Gasteiger partial charge in [-0.05, 0) is 56.9 Å². The molecule has 4 nitrogen and oxygen atoms in total. The van der Waals surface area contributed by atoms with Crippen LogP contribution in [0.25, 0.3) is 11.0 Å². The number of nitrogens with zero attached hydrogens (tertiary/aromatic N) is 2. The van der Waals surface area contributed by atoms with E-state index in [4.69, 9.17) is 9.72 Å². The standard InChI is InChI=1S/C22H26N2O2/c1-14-10-15(2)21(16(3)11-14)26-13-18(25)12-24-20-7-5-4-6-19(20)23-22(24)17-8-9-17/h4-7,10-11,17-18,25H,8-9,12-13H2,1-3H3. The smallest absolute Gasteiger partial charge is 0.125 e. The molecule has 4 rings (SSSR count). The molecular weight excluding hydrogens is 324 g/mol. The molecule has 1 saturated carbocycles. The van der Waals surface area contributed by atoms with Crippen LogP contribution in [0.4, 0.5) is 0 Å². The second-order valence-corrected chi connectivity index (χ2v) is 7.54. The maximum atomic E-state index is 10.6. The first kappa shape index (κ1) is 17.1. The zero-order valence-corrected chi connectivity index (χ0v) is 15.7. The van der Waals surface area contributed by atoms with Gasteiger partial charge >= 0.3 is 0 Å². The fourth-order valence-electron chi connectivity index (χ4n) is 3.78. The molecule has 1 aromatic heterocycles. The number of rotatable bonds is 6. The Morgan fingerprint density at radius 3 is 2.54 bits per heavy atom. The number of ether oxygens (including phenoxy) is 1. The Morgan fingerprint density at radius 1 is 1.15 bits per heavy atom. The van der Waals surface area contributed by atoms with E-state index in [2.05, 4.69) is 43.5 Å². The van der Waals surface area contributed by atoms with E-state index in [9.17, 15) is 5.11 Å². The molecule has 3 aromatic rings. The van der Waals surface area contributed by atoms with Gasteiger partial charge in [-0.1, -0.05) is 29.8 Å². The topological polar surface area (TPSA) is 47.3 Å². The van der Waals surface area contributed by atoms with Crippen molar-refractivity contribution in [3.63, 3.8) is 0 Å². The molecule has 1 N–H and O–H groups in total. The first-order valence-corrected chi connectivity index (χ1v) is 9.37. The third-order valence-corrected chi connectivity index (χ3v) is 5.04. The van der Waals surface area contributed by atoms with Crippen molar-refractivity contribution in [3.05, 3.63) is 58.9 Å². The average Bonchev–Trinajstić information content (AvgIpc) is 3.37. The van der Waals surface area contributed by atoms with Crippen LogP contribution < -0.4 is 4.74 Å². The molecule has 0 aliphatic heterocycles. The Morgan fingerprint density at radius 2 is 1.85 bits per heavy atom. The second-order valence-electron chi connectivity index (χ2n) is 7.54. The van der Waals surface area contributed by atoms with Crippen molar-refractivity contribution < 1.29 is 9.84 Å². The summed E-state index contributed by atoms with van der Waals surface area (Å²) in [5.74, 6) is 2.53. The van der Waals surface area contributed by atoms with Crippen LogP contribution >= 0.6 is 0 Å². The number of aryl methyl sites for hydroxylation is 3. The number of aliphatic hydroxyl groups excluding tert-OH is 1. The lowest BCUT2D eigenvalue weighted by Gasteiger charge is -2.18. The van der Waals surface area contributed by atoms with E-state index < -0.39 is 6.10 Å². The molecule has 1 heterocycles. The van der Waals surface area contributed by atoms with E-state index in [0.717, 1.165) is 33.7 Å². The molecule has 2 aromatic carbocycles. The summed E-state index contributed by atoms with van der Waals surface area (Å²) >= 11 is 0. The molecule has 0 amide bonds. The predicted octanol–water partition coefficient (Wildman–Crippen LogP) is 4.28. The number of aromatic nitrogens is 2. The van der Waals surface area contributed by atoms with Crippen molar-refractivity contribution in [2.24, 2.45) is 0 Å². The summed E-state index contributed by atoms with van der Waals surface area (Å²) in [5.41, 5.74) is 5.55. The highest BCUT2D eigenvalue weighted by Crippen LogP contribution is 2.40. The summed E-state index contributed by atoms with van der Waals surface area (Å²) in [7, 11) is 0. The fourth-order valence-corrected chi connectivity index (χ4v) is 3.78. The molecule has 1 aliphatic rings. The monoisotopic (exact) mass is 350 g/mol. The van der Waals surface area contributed by atoms with Crippen molar-refractivity contribution in [1.29, 1.82) is 0 Å². The number of para-hydroxylation sites is 2. The molecule has 26 heavy (non-hydrogen) atoms. The van der Waals surface area contributed by atoms with Gasteiger partial charge in [0, 0.05) is 5.92 Å². The van der Waals surface area contributed by atoms with Gasteiger partial charge < -0.3 is 14.4 Å². The van der Waals surface area contributed by atoms with Crippen LogP contribution in [0.3, 0.4) is 0 Å².